The maximum atomic E-state index is 12.8. The fraction of sp³-hybridized carbons (Fsp3) is 0.333. The molecule has 0 bridgehead atoms. The number of halogens is 1. The van der Waals surface area contributed by atoms with Gasteiger partial charge in [-0.25, -0.2) is 4.39 Å². The Morgan fingerprint density at radius 1 is 0.923 bits per heavy atom. The van der Waals surface area contributed by atoms with Crippen LogP contribution in [0.4, 0.5) is 4.39 Å². The molecule has 4 nitrogen and oxygen atoms in total. The molecule has 2 N–H and O–H groups in total. The Labute approximate surface area is 153 Å². The number of carbonyl (C=O) groups excluding carboxylic acids is 2. The van der Waals surface area contributed by atoms with E-state index >= 15 is 0 Å². The third-order valence-electron chi connectivity index (χ3n) is 4.07. The number of carbonyl (C=O) groups is 2. The molecule has 0 atom stereocenters. The molecule has 2 aromatic rings. The predicted octanol–water partition coefficient (Wildman–Crippen LogP) is 3.21. The lowest BCUT2D eigenvalue weighted by Gasteiger charge is -2.19. The van der Waals surface area contributed by atoms with Crippen LogP contribution in [0.2, 0.25) is 0 Å². The zero-order chi connectivity index (χ0) is 19.2. The first-order chi connectivity index (χ1) is 12.3. The van der Waals surface area contributed by atoms with E-state index in [4.69, 9.17) is 0 Å². The minimum atomic E-state index is -0.281. The summed E-state index contributed by atoms with van der Waals surface area (Å²) in [5.41, 5.74) is 2.64. The SMILES string of the molecule is CC(C)(C)c1ccc(C(=O)NCC(=O)NCCc2ccc(F)cc2)cc1. The molecular formula is C21H25FN2O2. The van der Waals surface area contributed by atoms with Crippen molar-refractivity contribution in [1.82, 2.24) is 10.6 Å². The van der Waals surface area contributed by atoms with Gasteiger partial charge in [-0.2, -0.15) is 0 Å². The molecule has 2 amide bonds. The van der Waals surface area contributed by atoms with Crippen molar-refractivity contribution in [2.75, 3.05) is 13.1 Å². The Bertz CT molecular complexity index is 747. The first-order valence-electron chi connectivity index (χ1n) is 8.65. The molecule has 0 heterocycles. The summed E-state index contributed by atoms with van der Waals surface area (Å²) in [7, 11) is 0. The zero-order valence-electron chi connectivity index (χ0n) is 15.4. The molecule has 0 fully saturated rings. The molecule has 0 aliphatic rings. The number of benzene rings is 2. The van der Waals surface area contributed by atoms with Crippen molar-refractivity contribution in [3.05, 3.63) is 71.0 Å². The Morgan fingerprint density at radius 3 is 2.12 bits per heavy atom. The summed E-state index contributed by atoms with van der Waals surface area (Å²) in [4.78, 5) is 23.9. The second-order valence-corrected chi connectivity index (χ2v) is 7.24. The van der Waals surface area contributed by atoms with Gasteiger partial charge in [0.1, 0.15) is 5.82 Å². The summed E-state index contributed by atoms with van der Waals surface area (Å²) in [6.07, 6.45) is 0.605. The fourth-order valence-corrected chi connectivity index (χ4v) is 2.44. The summed E-state index contributed by atoms with van der Waals surface area (Å²) in [6, 6.07) is 13.5. The number of hydrogen-bond donors (Lipinski definition) is 2. The topological polar surface area (TPSA) is 58.2 Å². The van der Waals surface area contributed by atoms with E-state index < -0.39 is 0 Å². The smallest absolute Gasteiger partial charge is 0.251 e. The second-order valence-electron chi connectivity index (χ2n) is 7.24. The molecule has 0 unspecified atom stereocenters. The minimum Gasteiger partial charge on any atom is -0.354 e. The van der Waals surface area contributed by atoms with Crippen molar-refractivity contribution in [2.45, 2.75) is 32.6 Å². The molecule has 0 saturated carbocycles. The first-order valence-corrected chi connectivity index (χ1v) is 8.65. The van der Waals surface area contributed by atoms with Crippen molar-refractivity contribution in [2.24, 2.45) is 0 Å². The van der Waals surface area contributed by atoms with Crippen LogP contribution in [-0.4, -0.2) is 24.9 Å². The van der Waals surface area contributed by atoms with Gasteiger partial charge in [0.25, 0.3) is 5.91 Å². The molecule has 0 aliphatic heterocycles. The zero-order valence-corrected chi connectivity index (χ0v) is 15.4. The van der Waals surface area contributed by atoms with Crippen molar-refractivity contribution >= 4 is 11.8 Å². The lowest BCUT2D eigenvalue weighted by atomic mass is 9.87. The summed E-state index contributed by atoms with van der Waals surface area (Å²) in [5.74, 6) is -0.818. The van der Waals surface area contributed by atoms with Crippen LogP contribution in [-0.2, 0) is 16.6 Å². The van der Waals surface area contributed by atoms with Crippen LogP contribution in [0.15, 0.2) is 48.5 Å². The molecule has 26 heavy (non-hydrogen) atoms. The number of hydrogen-bond acceptors (Lipinski definition) is 2. The molecule has 5 heteroatoms. The van der Waals surface area contributed by atoms with Crippen molar-refractivity contribution in [3.63, 3.8) is 0 Å². The maximum absolute atomic E-state index is 12.8. The highest BCUT2D eigenvalue weighted by atomic mass is 19.1. The van der Waals surface area contributed by atoms with Crippen molar-refractivity contribution < 1.29 is 14.0 Å². The predicted molar refractivity (Wildman–Crippen MR) is 101 cm³/mol. The Morgan fingerprint density at radius 2 is 1.54 bits per heavy atom. The van der Waals surface area contributed by atoms with Crippen molar-refractivity contribution in [3.8, 4) is 0 Å². The highest BCUT2D eigenvalue weighted by Crippen LogP contribution is 2.22. The lowest BCUT2D eigenvalue weighted by molar-refractivity contribution is -0.120. The third-order valence-corrected chi connectivity index (χ3v) is 4.07. The van der Waals surface area contributed by atoms with Crippen LogP contribution in [0.1, 0.15) is 42.3 Å². The summed E-state index contributed by atoms with van der Waals surface area (Å²) >= 11 is 0. The van der Waals surface area contributed by atoms with E-state index in [-0.39, 0.29) is 29.6 Å². The Balaban J connectivity index is 1.74. The molecule has 2 rings (SSSR count). The molecule has 0 aromatic heterocycles. The summed E-state index contributed by atoms with van der Waals surface area (Å²) in [5, 5.41) is 5.35. The van der Waals surface area contributed by atoms with Gasteiger partial charge in [-0.1, -0.05) is 45.0 Å². The average molecular weight is 356 g/mol. The van der Waals surface area contributed by atoms with Gasteiger partial charge in [-0.3, -0.25) is 9.59 Å². The second kappa shape index (κ2) is 8.61. The van der Waals surface area contributed by atoms with Gasteiger partial charge in [0.15, 0.2) is 0 Å². The number of rotatable bonds is 6. The largest absolute Gasteiger partial charge is 0.354 e. The van der Waals surface area contributed by atoms with E-state index in [0.29, 0.717) is 18.5 Å². The standard InChI is InChI=1S/C21H25FN2O2/c1-21(2,3)17-8-6-16(7-9-17)20(26)24-14-19(25)23-13-12-15-4-10-18(22)11-5-15/h4-11H,12-14H2,1-3H3,(H,23,25)(H,24,26). The number of nitrogens with one attached hydrogen (secondary N) is 2. The van der Waals surface area contributed by atoms with Gasteiger partial charge in [0.05, 0.1) is 6.54 Å². The molecule has 0 saturated heterocycles. The van der Waals surface area contributed by atoms with E-state index in [9.17, 15) is 14.0 Å². The third kappa shape index (κ3) is 5.99. The van der Waals surface area contributed by atoms with Crippen LogP contribution in [0.5, 0.6) is 0 Å². The normalized spacial score (nSPS) is 11.1. The Hall–Kier alpha value is -2.69. The van der Waals surface area contributed by atoms with Gasteiger partial charge >= 0.3 is 0 Å². The molecule has 0 radical (unpaired) electrons. The van der Waals surface area contributed by atoms with Crippen LogP contribution in [0.3, 0.4) is 0 Å². The van der Waals surface area contributed by atoms with Crippen LogP contribution < -0.4 is 10.6 Å². The summed E-state index contributed by atoms with van der Waals surface area (Å²) < 4.78 is 12.8. The van der Waals surface area contributed by atoms with E-state index in [1.165, 1.54) is 12.1 Å². The highest BCUT2D eigenvalue weighted by molar-refractivity contribution is 5.96. The maximum Gasteiger partial charge on any atom is 0.251 e. The van der Waals surface area contributed by atoms with E-state index in [2.05, 4.69) is 31.4 Å². The highest BCUT2D eigenvalue weighted by Gasteiger charge is 2.14. The van der Waals surface area contributed by atoms with Gasteiger partial charge in [-0.15, -0.1) is 0 Å². The van der Waals surface area contributed by atoms with E-state index in [0.717, 1.165) is 11.1 Å². The Kier molecular flexibility index (Phi) is 6.50. The quantitative estimate of drug-likeness (QED) is 0.835. The van der Waals surface area contributed by atoms with Crippen molar-refractivity contribution in [1.29, 1.82) is 0 Å². The molecule has 138 valence electrons. The minimum absolute atomic E-state index is 0.0272. The lowest BCUT2D eigenvalue weighted by Crippen LogP contribution is -2.37. The van der Waals surface area contributed by atoms with Gasteiger partial charge < -0.3 is 10.6 Å². The van der Waals surface area contributed by atoms with Gasteiger partial charge in [0.2, 0.25) is 5.91 Å². The van der Waals surface area contributed by atoms with Crippen LogP contribution >= 0.6 is 0 Å². The summed E-state index contributed by atoms with van der Waals surface area (Å²) in [6.45, 7) is 6.68. The van der Waals surface area contributed by atoms with Crippen LogP contribution in [0, 0.1) is 5.82 Å². The molecular weight excluding hydrogens is 331 g/mol. The average Bonchev–Trinajstić information content (AvgIpc) is 2.61. The van der Waals surface area contributed by atoms with E-state index in [1.54, 1.807) is 24.3 Å². The van der Waals surface area contributed by atoms with Crippen LogP contribution in [0.25, 0.3) is 0 Å². The molecule has 0 spiro atoms. The fourth-order valence-electron chi connectivity index (χ4n) is 2.44. The first kappa shape index (κ1) is 19.6. The molecule has 2 aromatic carbocycles. The van der Waals surface area contributed by atoms with Gasteiger partial charge in [-0.05, 0) is 47.2 Å². The molecule has 0 aliphatic carbocycles. The monoisotopic (exact) mass is 356 g/mol. The van der Waals surface area contributed by atoms with Gasteiger partial charge in [0, 0.05) is 12.1 Å². The number of amides is 2. The van der Waals surface area contributed by atoms with E-state index in [1.807, 2.05) is 12.1 Å².